The van der Waals surface area contributed by atoms with Gasteiger partial charge in [0.15, 0.2) is 11.0 Å². The minimum atomic E-state index is -0.522. The topological polar surface area (TPSA) is 125 Å². The van der Waals surface area contributed by atoms with E-state index in [0.717, 1.165) is 17.1 Å². The number of amides is 2. The first-order chi connectivity index (χ1) is 16.5. The molecule has 0 spiro atoms. The van der Waals surface area contributed by atoms with E-state index in [-0.39, 0.29) is 18.3 Å². The summed E-state index contributed by atoms with van der Waals surface area (Å²) in [6, 6.07) is 17.8. The fourth-order valence-corrected chi connectivity index (χ4v) is 3.83. The monoisotopic (exact) mass is 477 g/mol. The van der Waals surface area contributed by atoms with Gasteiger partial charge >= 0.3 is 0 Å². The number of thioether (sulfide) groups is 1. The van der Waals surface area contributed by atoms with Crippen LogP contribution < -0.4 is 15.8 Å². The number of nitrogens with zero attached hydrogens (tertiary/aromatic N) is 3. The van der Waals surface area contributed by atoms with Crippen LogP contribution in [0.5, 0.6) is 5.75 Å². The Labute approximate surface area is 200 Å². The Kier molecular flexibility index (Phi) is 7.28. The number of benzene rings is 2. The van der Waals surface area contributed by atoms with Gasteiger partial charge in [-0.3, -0.25) is 14.2 Å². The molecule has 3 N–H and O–H groups in total. The highest BCUT2D eigenvalue weighted by atomic mass is 32.2. The molecule has 0 fully saturated rings. The quantitative estimate of drug-likeness (QED) is 0.334. The number of furan rings is 1. The molecule has 4 aromatic rings. The smallest absolute Gasteiger partial charge is 0.248 e. The summed E-state index contributed by atoms with van der Waals surface area (Å²) >= 11 is 1.25. The Morgan fingerprint density at radius 2 is 1.85 bits per heavy atom. The van der Waals surface area contributed by atoms with E-state index in [2.05, 4.69) is 15.5 Å². The summed E-state index contributed by atoms with van der Waals surface area (Å²) in [5.41, 5.74) is 7.33. The standard InChI is InChI=1S/C24H23N5O4S/c1-16-4-10-19(11-5-16)33-14-21-27-28-24(29(21)13-20-3-2-12-32-20)34-15-22(30)26-18-8-6-17(7-9-18)23(25)31/h2-12H,13-15H2,1H3,(H2,25,31)(H,26,30). The van der Waals surface area contributed by atoms with Gasteiger partial charge in [-0.05, 0) is 55.5 Å². The first kappa shape index (κ1) is 23.1. The summed E-state index contributed by atoms with van der Waals surface area (Å²) in [6.07, 6.45) is 1.60. The third-order valence-electron chi connectivity index (χ3n) is 4.86. The third-order valence-corrected chi connectivity index (χ3v) is 5.83. The number of carbonyl (C=O) groups is 2. The van der Waals surface area contributed by atoms with E-state index in [9.17, 15) is 9.59 Å². The first-order valence-corrected chi connectivity index (χ1v) is 11.4. The molecule has 0 aliphatic heterocycles. The number of hydrogen-bond acceptors (Lipinski definition) is 7. The van der Waals surface area contributed by atoms with Gasteiger partial charge in [-0.25, -0.2) is 0 Å². The van der Waals surface area contributed by atoms with Crippen molar-refractivity contribution < 1.29 is 18.7 Å². The van der Waals surface area contributed by atoms with Crippen molar-refractivity contribution >= 4 is 29.3 Å². The van der Waals surface area contributed by atoms with Crippen molar-refractivity contribution in [1.82, 2.24) is 14.8 Å². The highest BCUT2D eigenvalue weighted by molar-refractivity contribution is 7.99. The van der Waals surface area contributed by atoms with E-state index in [1.165, 1.54) is 11.8 Å². The number of anilines is 1. The van der Waals surface area contributed by atoms with Gasteiger partial charge in [0.05, 0.1) is 18.6 Å². The Balaban J connectivity index is 1.42. The minimum absolute atomic E-state index is 0.118. The van der Waals surface area contributed by atoms with Crippen LogP contribution in [0.25, 0.3) is 0 Å². The summed E-state index contributed by atoms with van der Waals surface area (Å²) in [5.74, 6) is 1.45. The summed E-state index contributed by atoms with van der Waals surface area (Å²) in [6.45, 7) is 2.64. The predicted molar refractivity (Wildman–Crippen MR) is 128 cm³/mol. The Morgan fingerprint density at radius 3 is 2.53 bits per heavy atom. The van der Waals surface area contributed by atoms with Gasteiger partial charge in [0.1, 0.15) is 18.1 Å². The first-order valence-electron chi connectivity index (χ1n) is 10.4. The molecular weight excluding hydrogens is 454 g/mol. The molecule has 0 bridgehead atoms. The summed E-state index contributed by atoms with van der Waals surface area (Å²) < 4.78 is 13.2. The molecule has 10 heteroatoms. The van der Waals surface area contributed by atoms with E-state index in [1.807, 2.05) is 47.9 Å². The van der Waals surface area contributed by atoms with E-state index in [4.69, 9.17) is 14.9 Å². The lowest BCUT2D eigenvalue weighted by atomic mass is 10.2. The molecule has 2 amide bonds. The molecule has 2 heterocycles. The van der Waals surface area contributed by atoms with Crippen LogP contribution in [-0.4, -0.2) is 32.3 Å². The third kappa shape index (κ3) is 6.04. The van der Waals surface area contributed by atoms with Crippen LogP contribution in [0.4, 0.5) is 5.69 Å². The van der Waals surface area contributed by atoms with Crippen LogP contribution in [0.3, 0.4) is 0 Å². The van der Waals surface area contributed by atoms with E-state index >= 15 is 0 Å². The molecule has 0 aliphatic rings. The highest BCUT2D eigenvalue weighted by Gasteiger charge is 2.16. The summed E-state index contributed by atoms with van der Waals surface area (Å²) in [5, 5.41) is 11.9. The molecule has 0 aliphatic carbocycles. The second kappa shape index (κ2) is 10.7. The molecule has 0 atom stereocenters. The van der Waals surface area contributed by atoms with Crippen molar-refractivity contribution in [2.24, 2.45) is 5.73 Å². The van der Waals surface area contributed by atoms with Crippen molar-refractivity contribution in [2.45, 2.75) is 25.2 Å². The zero-order valence-electron chi connectivity index (χ0n) is 18.4. The van der Waals surface area contributed by atoms with Gasteiger partial charge < -0.3 is 20.2 Å². The molecule has 0 saturated carbocycles. The number of nitrogens with two attached hydrogens (primary N) is 1. The maximum absolute atomic E-state index is 12.5. The second-order valence-electron chi connectivity index (χ2n) is 7.44. The Morgan fingerprint density at radius 1 is 1.09 bits per heavy atom. The van der Waals surface area contributed by atoms with Gasteiger partial charge in [0.2, 0.25) is 11.8 Å². The average molecular weight is 478 g/mol. The number of carbonyl (C=O) groups excluding carboxylic acids is 2. The molecule has 0 unspecified atom stereocenters. The van der Waals surface area contributed by atoms with Crippen molar-refractivity contribution in [3.63, 3.8) is 0 Å². The van der Waals surface area contributed by atoms with Crippen molar-refractivity contribution in [3.05, 3.63) is 89.6 Å². The molecule has 34 heavy (non-hydrogen) atoms. The number of rotatable bonds is 10. The number of aryl methyl sites for hydroxylation is 1. The number of primary amides is 1. The van der Waals surface area contributed by atoms with Gasteiger partial charge in [-0.2, -0.15) is 0 Å². The number of hydrogen-bond donors (Lipinski definition) is 2. The normalized spacial score (nSPS) is 10.7. The molecule has 2 aromatic heterocycles. The molecule has 9 nitrogen and oxygen atoms in total. The van der Waals surface area contributed by atoms with E-state index < -0.39 is 5.91 Å². The lowest BCUT2D eigenvalue weighted by Crippen LogP contribution is -2.16. The van der Waals surface area contributed by atoms with Crippen molar-refractivity contribution in [2.75, 3.05) is 11.1 Å². The number of nitrogens with one attached hydrogen (secondary N) is 1. The van der Waals surface area contributed by atoms with Gasteiger partial charge in [-0.1, -0.05) is 29.5 Å². The molecule has 2 aromatic carbocycles. The largest absolute Gasteiger partial charge is 0.486 e. The number of ether oxygens (including phenoxy) is 1. The van der Waals surface area contributed by atoms with Crippen molar-refractivity contribution in [1.29, 1.82) is 0 Å². The molecule has 0 saturated heterocycles. The van der Waals surface area contributed by atoms with Gasteiger partial charge in [0.25, 0.3) is 0 Å². The van der Waals surface area contributed by atoms with Crippen LogP contribution in [0.2, 0.25) is 0 Å². The average Bonchev–Trinajstić information content (AvgIpc) is 3.48. The van der Waals surface area contributed by atoms with Crippen LogP contribution in [0.1, 0.15) is 27.5 Å². The molecular formula is C24H23N5O4S. The molecule has 4 rings (SSSR count). The maximum atomic E-state index is 12.5. The number of aromatic nitrogens is 3. The summed E-state index contributed by atoms with van der Waals surface area (Å²) in [7, 11) is 0. The zero-order chi connectivity index (χ0) is 23.9. The Bertz CT molecular complexity index is 1250. The van der Waals surface area contributed by atoms with Crippen LogP contribution in [-0.2, 0) is 17.9 Å². The van der Waals surface area contributed by atoms with Crippen LogP contribution in [0.15, 0.2) is 76.5 Å². The maximum Gasteiger partial charge on any atom is 0.248 e. The minimum Gasteiger partial charge on any atom is -0.486 e. The summed E-state index contributed by atoms with van der Waals surface area (Å²) in [4.78, 5) is 23.6. The Hall–Kier alpha value is -4.05. The predicted octanol–water partition coefficient (Wildman–Crippen LogP) is 3.64. The van der Waals surface area contributed by atoms with E-state index in [1.54, 1.807) is 30.5 Å². The SMILES string of the molecule is Cc1ccc(OCc2nnc(SCC(=O)Nc3ccc(C(N)=O)cc3)n2Cc2ccco2)cc1. The second-order valence-corrected chi connectivity index (χ2v) is 8.39. The van der Waals surface area contributed by atoms with Crippen LogP contribution in [0, 0.1) is 6.92 Å². The zero-order valence-corrected chi connectivity index (χ0v) is 19.2. The van der Waals surface area contributed by atoms with E-state index in [0.29, 0.717) is 28.8 Å². The van der Waals surface area contributed by atoms with Gasteiger partial charge in [0, 0.05) is 11.3 Å². The molecule has 0 radical (unpaired) electrons. The van der Waals surface area contributed by atoms with Crippen molar-refractivity contribution in [3.8, 4) is 5.75 Å². The fraction of sp³-hybridized carbons (Fsp3) is 0.167. The molecule has 174 valence electrons. The fourth-order valence-electron chi connectivity index (χ4n) is 3.08. The lowest BCUT2D eigenvalue weighted by Gasteiger charge is -2.10. The van der Waals surface area contributed by atoms with Gasteiger partial charge in [-0.15, -0.1) is 10.2 Å². The highest BCUT2D eigenvalue weighted by Crippen LogP contribution is 2.21. The lowest BCUT2D eigenvalue weighted by molar-refractivity contribution is -0.113. The van der Waals surface area contributed by atoms with Crippen LogP contribution >= 0.6 is 11.8 Å².